The van der Waals surface area contributed by atoms with Crippen molar-refractivity contribution in [1.29, 1.82) is 0 Å². The Balaban J connectivity index is 2.42. The number of carbonyl (C=O) groups is 1. The maximum absolute atomic E-state index is 12.1. The second-order valence-electron chi connectivity index (χ2n) is 6.00. The van der Waals surface area contributed by atoms with Gasteiger partial charge in [-0.1, -0.05) is 27.7 Å². The Bertz CT molecular complexity index is 263. The summed E-state index contributed by atoms with van der Waals surface area (Å²) in [6, 6.07) is 0. The van der Waals surface area contributed by atoms with E-state index in [0.29, 0.717) is 24.1 Å². The highest BCUT2D eigenvalue weighted by atomic mass is 32.2. The molecule has 0 radical (unpaired) electrons. The van der Waals surface area contributed by atoms with Crippen LogP contribution in [-0.2, 0) is 4.79 Å². The van der Waals surface area contributed by atoms with E-state index in [4.69, 9.17) is 5.73 Å². The number of thioether (sulfide) groups is 1. The molecule has 1 aliphatic rings. The standard InChI is InChI=1S/C13H26N2OS/c1-10-5-6-15(8-11(10)7-14)12(16)9-17-13(2,3)4/h10-11H,5-9,14H2,1-4H3. The maximum atomic E-state index is 12.1. The first-order chi connectivity index (χ1) is 7.83. The molecule has 0 aromatic heterocycles. The highest BCUT2D eigenvalue weighted by Gasteiger charge is 2.28. The fraction of sp³-hybridized carbons (Fsp3) is 0.923. The largest absolute Gasteiger partial charge is 0.342 e. The van der Waals surface area contributed by atoms with E-state index in [1.165, 1.54) is 0 Å². The molecule has 2 atom stereocenters. The van der Waals surface area contributed by atoms with Gasteiger partial charge in [0.1, 0.15) is 0 Å². The zero-order valence-corrected chi connectivity index (χ0v) is 12.3. The summed E-state index contributed by atoms with van der Waals surface area (Å²) in [5, 5.41) is 0. The Morgan fingerprint density at radius 3 is 2.65 bits per heavy atom. The van der Waals surface area contributed by atoms with Gasteiger partial charge < -0.3 is 10.6 Å². The van der Waals surface area contributed by atoms with Gasteiger partial charge in [-0.15, -0.1) is 11.8 Å². The van der Waals surface area contributed by atoms with Gasteiger partial charge in [0.25, 0.3) is 0 Å². The van der Waals surface area contributed by atoms with Crippen LogP contribution in [-0.4, -0.2) is 40.9 Å². The highest BCUT2D eigenvalue weighted by molar-refractivity contribution is 8.01. The Labute approximate surface area is 109 Å². The van der Waals surface area contributed by atoms with Gasteiger partial charge >= 0.3 is 0 Å². The molecule has 0 aliphatic carbocycles. The quantitative estimate of drug-likeness (QED) is 0.842. The van der Waals surface area contributed by atoms with Crippen LogP contribution in [0, 0.1) is 11.8 Å². The fourth-order valence-corrected chi connectivity index (χ4v) is 2.79. The molecule has 2 N–H and O–H groups in total. The Kier molecular flexibility index (Phi) is 5.32. The van der Waals surface area contributed by atoms with E-state index in [-0.39, 0.29) is 10.7 Å². The normalized spacial score (nSPS) is 26.1. The number of hydrogen-bond acceptors (Lipinski definition) is 3. The predicted octanol–water partition coefficient (Wildman–Crippen LogP) is 1.96. The molecule has 0 aromatic carbocycles. The summed E-state index contributed by atoms with van der Waals surface area (Å²) in [7, 11) is 0. The molecule has 2 unspecified atom stereocenters. The molecule has 1 saturated heterocycles. The van der Waals surface area contributed by atoms with Crippen LogP contribution >= 0.6 is 11.8 Å². The van der Waals surface area contributed by atoms with Gasteiger partial charge in [-0.2, -0.15) is 0 Å². The van der Waals surface area contributed by atoms with Crippen molar-refractivity contribution in [3.05, 3.63) is 0 Å². The number of likely N-dealkylation sites (tertiary alicyclic amines) is 1. The molecule has 4 heteroatoms. The van der Waals surface area contributed by atoms with Gasteiger partial charge in [-0.3, -0.25) is 4.79 Å². The molecule has 0 bridgehead atoms. The van der Waals surface area contributed by atoms with E-state index in [2.05, 4.69) is 27.7 Å². The first-order valence-corrected chi connectivity index (χ1v) is 7.44. The van der Waals surface area contributed by atoms with Crippen molar-refractivity contribution in [3.8, 4) is 0 Å². The number of nitrogens with zero attached hydrogens (tertiary/aromatic N) is 1. The summed E-state index contributed by atoms with van der Waals surface area (Å²) in [4.78, 5) is 14.1. The topological polar surface area (TPSA) is 46.3 Å². The number of carbonyl (C=O) groups excluding carboxylic acids is 1. The summed E-state index contributed by atoms with van der Waals surface area (Å²) < 4.78 is 0.159. The van der Waals surface area contributed by atoms with Gasteiger partial charge in [-0.05, 0) is 24.8 Å². The average Bonchev–Trinajstić information content (AvgIpc) is 2.25. The van der Waals surface area contributed by atoms with Crippen LogP contribution in [0.3, 0.4) is 0 Å². The SMILES string of the molecule is CC1CCN(C(=O)CSC(C)(C)C)CC1CN. The first kappa shape index (κ1) is 14.8. The Morgan fingerprint density at radius 2 is 2.12 bits per heavy atom. The maximum Gasteiger partial charge on any atom is 0.232 e. The van der Waals surface area contributed by atoms with Gasteiger partial charge in [0.15, 0.2) is 0 Å². The molecule has 1 amide bonds. The van der Waals surface area contributed by atoms with E-state index in [9.17, 15) is 4.79 Å². The Hall–Kier alpha value is -0.220. The lowest BCUT2D eigenvalue weighted by atomic mass is 9.87. The van der Waals surface area contributed by atoms with Gasteiger partial charge in [0, 0.05) is 17.8 Å². The second-order valence-corrected chi connectivity index (χ2v) is 7.80. The molecule has 17 heavy (non-hydrogen) atoms. The number of amides is 1. The van der Waals surface area contributed by atoms with Crippen molar-refractivity contribution in [3.63, 3.8) is 0 Å². The lowest BCUT2D eigenvalue weighted by Gasteiger charge is -2.36. The first-order valence-electron chi connectivity index (χ1n) is 6.45. The molecule has 100 valence electrons. The molecule has 1 heterocycles. The van der Waals surface area contributed by atoms with E-state index < -0.39 is 0 Å². The minimum Gasteiger partial charge on any atom is -0.342 e. The van der Waals surface area contributed by atoms with Crippen LogP contribution in [0.4, 0.5) is 0 Å². The molecule has 3 nitrogen and oxygen atoms in total. The molecule has 0 saturated carbocycles. The second kappa shape index (κ2) is 6.10. The molecule has 1 rings (SSSR count). The summed E-state index contributed by atoms with van der Waals surface area (Å²) >= 11 is 1.72. The minimum absolute atomic E-state index is 0.159. The summed E-state index contributed by atoms with van der Waals surface area (Å²) in [6.07, 6.45) is 1.09. The third-order valence-electron chi connectivity index (χ3n) is 3.40. The highest BCUT2D eigenvalue weighted by Crippen LogP contribution is 2.26. The minimum atomic E-state index is 0.159. The Morgan fingerprint density at radius 1 is 1.47 bits per heavy atom. The average molecular weight is 258 g/mol. The van der Waals surface area contributed by atoms with Crippen LogP contribution in [0.25, 0.3) is 0 Å². The van der Waals surface area contributed by atoms with Crippen LogP contribution < -0.4 is 5.73 Å². The fourth-order valence-electron chi connectivity index (χ4n) is 2.05. The van der Waals surface area contributed by atoms with Crippen molar-refractivity contribution in [2.75, 3.05) is 25.4 Å². The number of hydrogen-bond donors (Lipinski definition) is 1. The summed E-state index contributed by atoms with van der Waals surface area (Å²) in [5.74, 6) is 2.00. The summed E-state index contributed by atoms with van der Waals surface area (Å²) in [5.41, 5.74) is 5.76. The van der Waals surface area contributed by atoms with Crippen LogP contribution in [0.5, 0.6) is 0 Å². The summed E-state index contributed by atoms with van der Waals surface area (Å²) in [6.45, 7) is 11.1. The van der Waals surface area contributed by atoms with E-state index in [1.807, 2.05) is 4.90 Å². The number of nitrogens with two attached hydrogens (primary N) is 1. The van der Waals surface area contributed by atoms with Crippen molar-refractivity contribution < 1.29 is 4.79 Å². The van der Waals surface area contributed by atoms with Gasteiger partial charge in [-0.25, -0.2) is 0 Å². The third kappa shape index (κ3) is 4.88. The van der Waals surface area contributed by atoms with E-state index >= 15 is 0 Å². The number of piperidine rings is 1. The van der Waals surface area contributed by atoms with Crippen LogP contribution in [0.1, 0.15) is 34.1 Å². The number of rotatable bonds is 3. The lowest BCUT2D eigenvalue weighted by Crippen LogP contribution is -2.46. The van der Waals surface area contributed by atoms with Crippen LogP contribution in [0.15, 0.2) is 0 Å². The zero-order chi connectivity index (χ0) is 13.1. The van der Waals surface area contributed by atoms with Gasteiger partial charge in [0.2, 0.25) is 5.91 Å². The predicted molar refractivity (Wildman–Crippen MR) is 75.1 cm³/mol. The van der Waals surface area contributed by atoms with E-state index in [1.54, 1.807) is 11.8 Å². The third-order valence-corrected chi connectivity index (χ3v) is 4.66. The molecule has 0 spiro atoms. The monoisotopic (exact) mass is 258 g/mol. The van der Waals surface area contributed by atoms with Crippen molar-refractivity contribution >= 4 is 17.7 Å². The molecule has 1 aliphatic heterocycles. The van der Waals surface area contributed by atoms with E-state index in [0.717, 1.165) is 19.5 Å². The molecule has 0 aromatic rings. The lowest BCUT2D eigenvalue weighted by molar-refractivity contribution is -0.130. The zero-order valence-electron chi connectivity index (χ0n) is 11.5. The molecule has 1 fully saturated rings. The molecular formula is C13H26N2OS. The smallest absolute Gasteiger partial charge is 0.232 e. The van der Waals surface area contributed by atoms with Crippen molar-refractivity contribution in [2.24, 2.45) is 17.6 Å². The van der Waals surface area contributed by atoms with Crippen molar-refractivity contribution in [1.82, 2.24) is 4.90 Å². The molecular weight excluding hydrogens is 232 g/mol. The van der Waals surface area contributed by atoms with Crippen molar-refractivity contribution in [2.45, 2.75) is 38.9 Å². The van der Waals surface area contributed by atoms with Crippen LogP contribution in [0.2, 0.25) is 0 Å². The van der Waals surface area contributed by atoms with Gasteiger partial charge in [0.05, 0.1) is 5.75 Å².